The quantitative estimate of drug-likeness (QED) is 0.852. The Hall–Kier alpha value is -1.96. The molecule has 1 N–H and O–H groups in total. The van der Waals surface area contributed by atoms with E-state index in [4.69, 9.17) is 9.26 Å². The Morgan fingerprint density at radius 3 is 2.88 bits per heavy atom. The molecule has 0 spiro atoms. The molecule has 2 aromatic rings. The molecule has 1 aliphatic rings. The number of aliphatic hydroxyl groups excluding tert-OH is 1. The molecule has 7 heteroatoms. The molecule has 1 aliphatic heterocycles. The number of ether oxygens (including phenoxy) is 1. The Morgan fingerprint density at radius 1 is 1.36 bits per heavy atom. The van der Waals surface area contributed by atoms with Crippen molar-refractivity contribution in [3.8, 4) is 17.1 Å². The second kappa shape index (κ2) is 7.95. The molecule has 0 radical (unpaired) electrons. The van der Waals surface area contributed by atoms with Crippen LogP contribution in [0.2, 0.25) is 0 Å². The average Bonchev–Trinajstić information content (AvgIpc) is 3.05. The van der Waals surface area contributed by atoms with E-state index >= 15 is 0 Å². The Kier molecular flexibility index (Phi) is 5.67. The van der Waals surface area contributed by atoms with Crippen molar-refractivity contribution in [2.75, 3.05) is 33.3 Å². The predicted octanol–water partition coefficient (Wildman–Crippen LogP) is 1.63. The van der Waals surface area contributed by atoms with E-state index in [0.717, 1.165) is 30.9 Å². The molecule has 7 nitrogen and oxygen atoms in total. The molecular formula is C18H26N4O3. The summed E-state index contributed by atoms with van der Waals surface area (Å²) in [7, 11) is 1.63. The maximum atomic E-state index is 9.58. The van der Waals surface area contributed by atoms with Gasteiger partial charge in [-0.3, -0.25) is 9.80 Å². The van der Waals surface area contributed by atoms with Crippen molar-refractivity contribution >= 4 is 0 Å². The van der Waals surface area contributed by atoms with Crippen molar-refractivity contribution in [2.24, 2.45) is 0 Å². The molecule has 1 aromatic heterocycles. The normalized spacial score (nSPS) is 20.6. The van der Waals surface area contributed by atoms with E-state index in [2.05, 4.69) is 26.9 Å². The van der Waals surface area contributed by atoms with Crippen molar-refractivity contribution in [1.82, 2.24) is 19.9 Å². The summed E-state index contributed by atoms with van der Waals surface area (Å²) in [5.41, 5.74) is 0.829. The number of benzene rings is 1. The lowest BCUT2D eigenvalue weighted by molar-refractivity contribution is 0.0385. The second-order valence-electron chi connectivity index (χ2n) is 6.64. The first kappa shape index (κ1) is 17.8. The maximum Gasteiger partial charge on any atom is 0.241 e. The molecule has 0 unspecified atom stereocenters. The predicted molar refractivity (Wildman–Crippen MR) is 94.3 cm³/mol. The van der Waals surface area contributed by atoms with Crippen LogP contribution in [0.15, 0.2) is 28.8 Å². The van der Waals surface area contributed by atoms with Gasteiger partial charge < -0.3 is 14.4 Å². The van der Waals surface area contributed by atoms with Crippen LogP contribution in [0.4, 0.5) is 0 Å². The number of aromatic nitrogens is 2. The van der Waals surface area contributed by atoms with Crippen molar-refractivity contribution in [3.05, 3.63) is 30.2 Å². The highest BCUT2D eigenvalue weighted by Crippen LogP contribution is 2.27. The molecule has 136 valence electrons. The Morgan fingerprint density at radius 2 is 2.16 bits per heavy atom. The van der Waals surface area contributed by atoms with Gasteiger partial charge >= 0.3 is 0 Å². The van der Waals surface area contributed by atoms with Crippen LogP contribution >= 0.6 is 0 Å². The maximum absolute atomic E-state index is 9.58. The molecule has 2 atom stereocenters. The first-order valence-electron chi connectivity index (χ1n) is 8.67. The third kappa shape index (κ3) is 4.36. The van der Waals surface area contributed by atoms with Crippen LogP contribution in [0.5, 0.6) is 5.75 Å². The number of hydrogen-bond donors (Lipinski definition) is 1. The topological polar surface area (TPSA) is 74.9 Å². The highest BCUT2D eigenvalue weighted by molar-refractivity contribution is 5.63. The third-order valence-electron chi connectivity index (χ3n) is 4.52. The molecule has 25 heavy (non-hydrogen) atoms. The van der Waals surface area contributed by atoms with Gasteiger partial charge in [0, 0.05) is 32.2 Å². The van der Waals surface area contributed by atoms with E-state index < -0.39 is 0 Å². The molecule has 0 amide bonds. The number of rotatable bonds is 6. The summed E-state index contributed by atoms with van der Waals surface area (Å²) < 4.78 is 10.8. The SMILES string of the molecule is COc1ccccc1-c1noc(CN2CCN(C[C@@H](C)O)[C@@H](C)C2)n1. The van der Waals surface area contributed by atoms with Crippen LogP contribution in [0.3, 0.4) is 0 Å². The fourth-order valence-corrected chi connectivity index (χ4v) is 3.27. The van der Waals surface area contributed by atoms with Gasteiger partial charge in [0.2, 0.25) is 11.7 Å². The first-order valence-corrected chi connectivity index (χ1v) is 8.67. The molecule has 1 fully saturated rings. The monoisotopic (exact) mass is 346 g/mol. The Balaban J connectivity index is 1.63. The average molecular weight is 346 g/mol. The number of piperazine rings is 1. The van der Waals surface area contributed by atoms with Gasteiger partial charge in [-0.15, -0.1) is 0 Å². The lowest BCUT2D eigenvalue weighted by atomic mass is 10.1. The van der Waals surface area contributed by atoms with Gasteiger partial charge in [-0.25, -0.2) is 0 Å². The van der Waals surface area contributed by atoms with Crippen LogP contribution in [-0.2, 0) is 6.54 Å². The van der Waals surface area contributed by atoms with E-state index in [-0.39, 0.29) is 6.10 Å². The lowest BCUT2D eigenvalue weighted by Crippen LogP contribution is -2.53. The molecule has 2 heterocycles. The second-order valence-corrected chi connectivity index (χ2v) is 6.64. The Labute approximate surface area is 148 Å². The van der Waals surface area contributed by atoms with Gasteiger partial charge in [0.1, 0.15) is 5.75 Å². The number of β-amino-alcohol motifs (C(OH)–C–C–N with tert-alkyl or cyclic N) is 1. The standard InChI is InChI=1S/C18H26N4O3/c1-13-10-21(8-9-22(13)11-14(2)23)12-17-19-18(20-25-17)15-6-4-5-7-16(15)24-3/h4-7,13-14,23H,8-12H2,1-3H3/t13-,14+/m0/s1. The zero-order chi connectivity index (χ0) is 17.8. The molecule has 0 bridgehead atoms. The molecule has 0 saturated carbocycles. The van der Waals surface area contributed by atoms with E-state index in [0.29, 0.717) is 30.8 Å². The summed E-state index contributed by atoms with van der Waals surface area (Å²) in [6.45, 7) is 8.13. The summed E-state index contributed by atoms with van der Waals surface area (Å²) in [5, 5.41) is 13.7. The zero-order valence-electron chi connectivity index (χ0n) is 15.1. The number of aliphatic hydroxyl groups is 1. The summed E-state index contributed by atoms with van der Waals surface area (Å²) in [4.78, 5) is 9.15. The largest absolute Gasteiger partial charge is 0.496 e. The van der Waals surface area contributed by atoms with Gasteiger partial charge in [0.15, 0.2) is 0 Å². The number of para-hydroxylation sites is 1. The first-order chi connectivity index (χ1) is 12.1. The van der Waals surface area contributed by atoms with Crippen molar-refractivity contribution in [1.29, 1.82) is 0 Å². The van der Waals surface area contributed by atoms with E-state index in [1.165, 1.54) is 0 Å². The summed E-state index contributed by atoms with van der Waals surface area (Å²) >= 11 is 0. The minimum Gasteiger partial charge on any atom is -0.496 e. The Bertz CT molecular complexity index is 688. The van der Waals surface area contributed by atoms with Crippen LogP contribution in [0, 0.1) is 0 Å². The van der Waals surface area contributed by atoms with E-state index in [1.54, 1.807) is 7.11 Å². The van der Waals surface area contributed by atoms with Crippen LogP contribution in [-0.4, -0.2) is 70.5 Å². The van der Waals surface area contributed by atoms with Gasteiger partial charge in [0.25, 0.3) is 0 Å². The highest BCUT2D eigenvalue weighted by atomic mass is 16.5. The van der Waals surface area contributed by atoms with Crippen molar-refractivity contribution in [2.45, 2.75) is 32.5 Å². The highest BCUT2D eigenvalue weighted by Gasteiger charge is 2.25. The molecular weight excluding hydrogens is 320 g/mol. The van der Waals surface area contributed by atoms with Crippen LogP contribution in [0.1, 0.15) is 19.7 Å². The van der Waals surface area contributed by atoms with Crippen LogP contribution in [0.25, 0.3) is 11.4 Å². The lowest BCUT2D eigenvalue weighted by Gasteiger charge is -2.39. The van der Waals surface area contributed by atoms with Gasteiger partial charge in [-0.05, 0) is 26.0 Å². The van der Waals surface area contributed by atoms with Crippen LogP contribution < -0.4 is 4.74 Å². The number of nitrogens with zero attached hydrogens (tertiary/aromatic N) is 4. The third-order valence-corrected chi connectivity index (χ3v) is 4.52. The summed E-state index contributed by atoms with van der Waals surface area (Å²) in [6, 6.07) is 8.03. The number of methoxy groups -OCH3 is 1. The summed E-state index contributed by atoms with van der Waals surface area (Å²) in [6.07, 6.45) is -0.298. The molecule has 3 rings (SSSR count). The minimum atomic E-state index is -0.298. The van der Waals surface area contributed by atoms with E-state index in [1.807, 2.05) is 31.2 Å². The smallest absolute Gasteiger partial charge is 0.241 e. The van der Waals surface area contributed by atoms with Crippen molar-refractivity contribution < 1.29 is 14.4 Å². The minimum absolute atomic E-state index is 0.298. The fourth-order valence-electron chi connectivity index (χ4n) is 3.27. The summed E-state index contributed by atoms with van der Waals surface area (Å²) in [5.74, 6) is 1.89. The zero-order valence-corrected chi connectivity index (χ0v) is 15.1. The molecule has 0 aliphatic carbocycles. The van der Waals surface area contributed by atoms with E-state index in [9.17, 15) is 5.11 Å². The molecule has 1 aromatic carbocycles. The fraction of sp³-hybridized carbons (Fsp3) is 0.556. The number of hydrogen-bond acceptors (Lipinski definition) is 7. The van der Waals surface area contributed by atoms with Gasteiger partial charge in [-0.1, -0.05) is 17.3 Å². The van der Waals surface area contributed by atoms with Gasteiger partial charge in [-0.2, -0.15) is 4.98 Å². The molecule has 1 saturated heterocycles. The van der Waals surface area contributed by atoms with Crippen molar-refractivity contribution in [3.63, 3.8) is 0 Å². The van der Waals surface area contributed by atoms with Gasteiger partial charge in [0.05, 0.1) is 25.3 Å².